The number of rotatable bonds is 3. The summed E-state index contributed by atoms with van der Waals surface area (Å²) in [5, 5.41) is 3.01. The van der Waals surface area contributed by atoms with Crippen LogP contribution in [0, 0.1) is 13.8 Å². The number of aryl methyl sites for hydroxylation is 2. The Hall–Kier alpha value is -2.45. The van der Waals surface area contributed by atoms with Gasteiger partial charge in [0.2, 0.25) is 5.95 Å². The van der Waals surface area contributed by atoms with Crippen molar-refractivity contribution in [1.29, 1.82) is 0 Å². The molecule has 0 aliphatic carbocycles. The third-order valence-electron chi connectivity index (χ3n) is 4.05. The van der Waals surface area contributed by atoms with Crippen LogP contribution >= 0.6 is 0 Å². The quantitative estimate of drug-likeness (QED) is 0.916. The number of hydrogen-bond donors (Lipinski definition) is 1. The summed E-state index contributed by atoms with van der Waals surface area (Å²) in [6.07, 6.45) is -1.81. The van der Waals surface area contributed by atoms with Gasteiger partial charge >= 0.3 is 6.18 Å². The monoisotopic (exact) mass is 352 g/mol. The minimum absolute atomic E-state index is 0.0157. The van der Waals surface area contributed by atoms with Crippen LogP contribution in [-0.2, 0) is 6.18 Å². The van der Waals surface area contributed by atoms with Crippen LogP contribution in [0.1, 0.15) is 30.1 Å². The highest BCUT2D eigenvalue weighted by Crippen LogP contribution is 2.28. The SMILES string of the molecule is Cc1cc(N2CCC(Nc3nccc(C(F)(F)F)n3)CC2)nc(C)n1. The van der Waals surface area contributed by atoms with Crippen molar-refractivity contribution in [1.82, 2.24) is 19.9 Å². The molecule has 0 unspecified atom stereocenters. The van der Waals surface area contributed by atoms with Gasteiger partial charge in [0.1, 0.15) is 17.3 Å². The lowest BCUT2D eigenvalue weighted by Gasteiger charge is -2.33. The molecule has 0 atom stereocenters. The molecule has 0 bridgehead atoms. The molecule has 0 spiro atoms. The predicted octanol–water partition coefficient (Wildman–Crippen LogP) is 2.98. The highest BCUT2D eigenvalue weighted by Gasteiger charge is 2.33. The molecule has 1 saturated heterocycles. The summed E-state index contributed by atoms with van der Waals surface area (Å²) in [6.45, 7) is 5.30. The predicted molar refractivity (Wildman–Crippen MR) is 87.4 cm³/mol. The zero-order valence-electron chi connectivity index (χ0n) is 14.0. The molecule has 1 aliphatic heterocycles. The third-order valence-corrected chi connectivity index (χ3v) is 4.05. The molecule has 0 amide bonds. The number of halogens is 3. The van der Waals surface area contributed by atoms with Crippen molar-refractivity contribution in [2.45, 2.75) is 38.9 Å². The second-order valence-electron chi connectivity index (χ2n) is 6.08. The van der Waals surface area contributed by atoms with E-state index in [0.29, 0.717) is 0 Å². The lowest BCUT2D eigenvalue weighted by Crippen LogP contribution is -2.40. The Kier molecular flexibility index (Phi) is 4.73. The molecule has 0 saturated carbocycles. The lowest BCUT2D eigenvalue weighted by atomic mass is 10.1. The van der Waals surface area contributed by atoms with E-state index in [-0.39, 0.29) is 12.0 Å². The molecular formula is C16H19F3N6. The van der Waals surface area contributed by atoms with Crippen LogP contribution in [0.4, 0.5) is 24.9 Å². The van der Waals surface area contributed by atoms with Crippen molar-refractivity contribution in [3.05, 3.63) is 35.5 Å². The fourth-order valence-electron chi connectivity index (χ4n) is 2.88. The van der Waals surface area contributed by atoms with Crippen LogP contribution in [0.2, 0.25) is 0 Å². The molecule has 1 N–H and O–H groups in total. The van der Waals surface area contributed by atoms with Crippen LogP contribution in [0.25, 0.3) is 0 Å². The molecule has 2 aromatic rings. The van der Waals surface area contributed by atoms with E-state index >= 15 is 0 Å². The summed E-state index contributed by atoms with van der Waals surface area (Å²) in [5.41, 5.74) is -0.0190. The molecular weight excluding hydrogens is 333 g/mol. The number of alkyl halides is 3. The summed E-state index contributed by atoms with van der Waals surface area (Å²) >= 11 is 0. The summed E-state index contributed by atoms with van der Waals surface area (Å²) < 4.78 is 38.1. The average Bonchev–Trinajstić information content (AvgIpc) is 2.54. The van der Waals surface area contributed by atoms with Crippen LogP contribution in [0.5, 0.6) is 0 Å². The molecule has 3 heterocycles. The van der Waals surface area contributed by atoms with E-state index in [9.17, 15) is 13.2 Å². The minimum atomic E-state index is -4.47. The van der Waals surface area contributed by atoms with Crippen LogP contribution in [-0.4, -0.2) is 39.1 Å². The molecule has 134 valence electrons. The average molecular weight is 352 g/mol. The maximum Gasteiger partial charge on any atom is 0.433 e. The van der Waals surface area contributed by atoms with E-state index in [1.807, 2.05) is 19.9 Å². The van der Waals surface area contributed by atoms with Gasteiger partial charge in [-0.25, -0.2) is 19.9 Å². The lowest BCUT2D eigenvalue weighted by molar-refractivity contribution is -0.141. The van der Waals surface area contributed by atoms with Gasteiger partial charge < -0.3 is 10.2 Å². The maximum atomic E-state index is 12.7. The van der Waals surface area contributed by atoms with Gasteiger partial charge in [0.05, 0.1) is 0 Å². The van der Waals surface area contributed by atoms with Gasteiger partial charge in [-0.3, -0.25) is 0 Å². The fraction of sp³-hybridized carbons (Fsp3) is 0.500. The van der Waals surface area contributed by atoms with Gasteiger partial charge in [-0.15, -0.1) is 0 Å². The molecule has 0 radical (unpaired) electrons. The van der Waals surface area contributed by atoms with Gasteiger partial charge in [-0.2, -0.15) is 13.2 Å². The zero-order chi connectivity index (χ0) is 18.0. The first-order valence-electron chi connectivity index (χ1n) is 8.05. The molecule has 25 heavy (non-hydrogen) atoms. The van der Waals surface area contributed by atoms with Crippen molar-refractivity contribution < 1.29 is 13.2 Å². The smallest absolute Gasteiger partial charge is 0.356 e. The van der Waals surface area contributed by atoms with E-state index in [1.54, 1.807) is 0 Å². The molecule has 1 aliphatic rings. The third kappa shape index (κ3) is 4.34. The maximum absolute atomic E-state index is 12.7. The summed E-state index contributed by atoms with van der Waals surface area (Å²) in [6, 6.07) is 2.84. The summed E-state index contributed by atoms with van der Waals surface area (Å²) in [7, 11) is 0. The molecule has 1 fully saturated rings. The Morgan fingerprint density at radius 2 is 1.84 bits per heavy atom. The number of nitrogens with one attached hydrogen (secondary N) is 1. The van der Waals surface area contributed by atoms with Gasteiger partial charge in [0.25, 0.3) is 0 Å². The number of hydrogen-bond acceptors (Lipinski definition) is 6. The first-order chi connectivity index (χ1) is 11.8. The first-order valence-corrected chi connectivity index (χ1v) is 8.05. The van der Waals surface area contributed by atoms with Gasteiger partial charge in [0, 0.05) is 37.1 Å². The standard InChI is InChI=1S/C16H19F3N6/c1-10-9-14(22-11(2)21-10)25-7-4-12(5-8-25)23-15-20-6-3-13(24-15)16(17,18)19/h3,6,9,12H,4-5,7-8H2,1-2H3,(H,20,23,24). The van der Waals surface area contributed by atoms with E-state index in [1.165, 1.54) is 0 Å². The van der Waals surface area contributed by atoms with Crippen molar-refractivity contribution in [3.63, 3.8) is 0 Å². The van der Waals surface area contributed by atoms with Gasteiger partial charge in [0.15, 0.2) is 0 Å². The van der Waals surface area contributed by atoms with Crippen molar-refractivity contribution >= 4 is 11.8 Å². The number of aromatic nitrogens is 4. The summed E-state index contributed by atoms with van der Waals surface area (Å²) in [4.78, 5) is 18.3. The van der Waals surface area contributed by atoms with Crippen LogP contribution in [0.15, 0.2) is 18.3 Å². The Bertz CT molecular complexity index is 721. The van der Waals surface area contributed by atoms with Crippen LogP contribution < -0.4 is 10.2 Å². The minimum Gasteiger partial charge on any atom is -0.356 e. The normalized spacial score (nSPS) is 16.1. The van der Waals surface area contributed by atoms with Crippen molar-refractivity contribution in [2.75, 3.05) is 23.3 Å². The van der Waals surface area contributed by atoms with Crippen LogP contribution in [0.3, 0.4) is 0 Å². The second kappa shape index (κ2) is 6.81. The van der Waals surface area contributed by atoms with Gasteiger partial charge in [-0.1, -0.05) is 0 Å². The van der Waals surface area contributed by atoms with E-state index < -0.39 is 11.9 Å². The Morgan fingerprint density at radius 1 is 1.12 bits per heavy atom. The molecule has 0 aromatic carbocycles. The second-order valence-corrected chi connectivity index (χ2v) is 6.08. The topological polar surface area (TPSA) is 66.8 Å². The number of nitrogens with zero attached hydrogens (tertiary/aromatic N) is 5. The Morgan fingerprint density at radius 3 is 2.48 bits per heavy atom. The Balaban J connectivity index is 1.61. The largest absolute Gasteiger partial charge is 0.433 e. The Labute approximate surface area is 143 Å². The van der Waals surface area contributed by atoms with Gasteiger partial charge in [-0.05, 0) is 32.8 Å². The molecule has 9 heteroatoms. The fourth-order valence-corrected chi connectivity index (χ4v) is 2.88. The van der Waals surface area contributed by atoms with E-state index in [2.05, 4.69) is 30.2 Å². The number of anilines is 2. The highest BCUT2D eigenvalue weighted by atomic mass is 19.4. The number of piperidine rings is 1. The van der Waals surface area contributed by atoms with Crippen molar-refractivity contribution in [2.24, 2.45) is 0 Å². The van der Waals surface area contributed by atoms with Crippen molar-refractivity contribution in [3.8, 4) is 0 Å². The highest BCUT2D eigenvalue weighted by molar-refractivity contribution is 5.40. The summed E-state index contributed by atoms with van der Waals surface area (Å²) in [5.74, 6) is 1.63. The zero-order valence-corrected chi connectivity index (χ0v) is 14.0. The molecule has 3 rings (SSSR count). The molecule has 6 nitrogen and oxygen atoms in total. The van der Waals surface area contributed by atoms with E-state index in [0.717, 1.165) is 55.5 Å². The van der Waals surface area contributed by atoms with E-state index in [4.69, 9.17) is 0 Å². The first kappa shape index (κ1) is 17.4. The molecule has 2 aromatic heterocycles.